The molecule has 1 rings (SSSR count). The number of thioether (sulfide) groups is 1. The van der Waals surface area contributed by atoms with E-state index in [0.29, 0.717) is 6.04 Å². The number of rotatable bonds is 8. The first kappa shape index (κ1) is 15.6. The minimum Gasteiger partial charge on any atom is -0.310 e. The highest BCUT2D eigenvalue weighted by Gasteiger charge is 2.11. The lowest BCUT2D eigenvalue weighted by molar-refractivity contribution is 0.575. The van der Waals surface area contributed by atoms with E-state index < -0.39 is 0 Å². The third kappa shape index (κ3) is 4.65. The molecule has 3 nitrogen and oxygen atoms in total. The average molecular weight is 269 g/mol. The Labute approximate surface area is 116 Å². The van der Waals surface area contributed by atoms with Crippen molar-refractivity contribution in [1.82, 2.24) is 15.1 Å². The maximum Gasteiger partial charge on any atom is 0.0641 e. The van der Waals surface area contributed by atoms with E-state index in [1.165, 1.54) is 34.9 Å². The van der Waals surface area contributed by atoms with E-state index in [9.17, 15) is 0 Å². The van der Waals surface area contributed by atoms with Gasteiger partial charge in [-0.05, 0) is 31.8 Å². The Morgan fingerprint density at radius 1 is 1.33 bits per heavy atom. The molecule has 0 unspecified atom stereocenters. The van der Waals surface area contributed by atoms with Crippen LogP contribution in [0.5, 0.6) is 0 Å². The van der Waals surface area contributed by atoms with Crippen LogP contribution in [0.2, 0.25) is 0 Å². The monoisotopic (exact) mass is 269 g/mol. The standard InChI is InChI=1S/C14H27N3S/c1-6-18-9-7-8-17-13(5)14(12(4)16-17)10-15-11(2)3/h11,15H,6-10H2,1-5H3. The molecule has 4 heteroatoms. The molecule has 0 aliphatic rings. The Morgan fingerprint density at radius 2 is 2.06 bits per heavy atom. The predicted molar refractivity (Wildman–Crippen MR) is 81.3 cm³/mol. The molecule has 0 aromatic carbocycles. The van der Waals surface area contributed by atoms with E-state index in [0.717, 1.165) is 13.1 Å². The minimum absolute atomic E-state index is 0.521. The van der Waals surface area contributed by atoms with Crippen molar-refractivity contribution in [3.8, 4) is 0 Å². The van der Waals surface area contributed by atoms with Gasteiger partial charge >= 0.3 is 0 Å². The number of nitrogens with one attached hydrogen (secondary N) is 1. The normalized spacial score (nSPS) is 11.4. The van der Waals surface area contributed by atoms with Gasteiger partial charge in [0.25, 0.3) is 0 Å². The SMILES string of the molecule is CCSCCCn1nc(C)c(CNC(C)C)c1C. The van der Waals surface area contributed by atoms with Crippen molar-refractivity contribution >= 4 is 11.8 Å². The van der Waals surface area contributed by atoms with Gasteiger partial charge < -0.3 is 5.32 Å². The second-order valence-electron chi connectivity index (χ2n) is 4.96. The zero-order valence-corrected chi connectivity index (χ0v) is 13.2. The first-order valence-electron chi connectivity index (χ1n) is 6.90. The molecule has 0 radical (unpaired) electrons. The minimum atomic E-state index is 0.521. The molecule has 18 heavy (non-hydrogen) atoms. The fraction of sp³-hybridized carbons (Fsp3) is 0.786. The van der Waals surface area contributed by atoms with Crippen molar-refractivity contribution < 1.29 is 0 Å². The molecule has 0 saturated carbocycles. The molecule has 104 valence electrons. The van der Waals surface area contributed by atoms with Crippen LogP contribution in [0.4, 0.5) is 0 Å². The molecule has 0 fully saturated rings. The van der Waals surface area contributed by atoms with Crippen LogP contribution in [-0.4, -0.2) is 27.3 Å². The van der Waals surface area contributed by atoms with Gasteiger partial charge in [-0.3, -0.25) is 4.68 Å². The van der Waals surface area contributed by atoms with Crippen LogP contribution in [0, 0.1) is 13.8 Å². The third-order valence-corrected chi connectivity index (χ3v) is 4.07. The molecule has 1 aromatic heterocycles. The Morgan fingerprint density at radius 3 is 2.67 bits per heavy atom. The molecular weight excluding hydrogens is 242 g/mol. The summed E-state index contributed by atoms with van der Waals surface area (Å²) in [4.78, 5) is 0. The van der Waals surface area contributed by atoms with Crippen molar-refractivity contribution in [2.75, 3.05) is 11.5 Å². The maximum absolute atomic E-state index is 4.65. The lowest BCUT2D eigenvalue weighted by Gasteiger charge is -2.09. The fourth-order valence-electron chi connectivity index (χ4n) is 1.97. The zero-order valence-electron chi connectivity index (χ0n) is 12.4. The number of aryl methyl sites for hydroxylation is 2. The number of nitrogens with zero attached hydrogens (tertiary/aromatic N) is 2. The highest BCUT2D eigenvalue weighted by molar-refractivity contribution is 7.99. The predicted octanol–water partition coefficient (Wildman–Crippen LogP) is 3.14. The molecule has 0 bridgehead atoms. The van der Waals surface area contributed by atoms with Gasteiger partial charge in [-0.2, -0.15) is 16.9 Å². The lowest BCUT2D eigenvalue weighted by atomic mass is 10.2. The van der Waals surface area contributed by atoms with Gasteiger partial charge in [0, 0.05) is 30.4 Å². The van der Waals surface area contributed by atoms with E-state index in [-0.39, 0.29) is 0 Å². The van der Waals surface area contributed by atoms with Crippen molar-refractivity contribution in [2.24, 2.45) is 0 Å². The summed E-state index contributed by atoms with van der Waals surface area (Å²) in [5.41, 5.74) is 3.86. The summed E-state index contributed by atoms with van der Waals surface area (Å²) in [6.07, 6.45) is 1.21. The Hall–Kier alpha value is -0.480. The average Bonchev–Trinajstić information content (AvgIpc) is 2.58. The first-order valence-corrected chi connectivity index (χ1v) is 8.05. The third-order valence-electron chi connectivity index (χ3n) is 3.08. The van der Waals surface area contributed by atoms with E-state index in [1.54, 1.807) is 0 Å². The van der Waals surface area contributed by atoms with Crippen LogP contribution in [0.15, 0.2) is 0 Å². The molecule has 1 heterocycles. The molecular formula is C14H27N3S. The van der Waals surface area contributed by atoms with Crippen molar-refractivity contribution in [2.45, 2.75) is 60.2 Å². The van der Waals surface area contributed by atoms with Gasteiger partial charge in [0.1, 0.15) is 0 Å². The quantitative estimate of drug-likeness (QED) is 0.735. The van der Waals surface area contributed by atoms with Gasteiger partial charge in [0.15, 0.2) is 0 Å². The van der Waals surface area contributed by atoms with Gasteiger partial charge in [-0.25, -0.2) is 0 Å². The van der Waals surface area contributed by atoms with Gasteiger partial charge in [0.2, 0.25) is 0 Å². The van der Waals surface area contributed by atoms with Crippen LogP contribution in [-0.2, 0) is 13.1 Å². The summed E-state index contributed by atoms with van der Waals surface area (Å²) in [6, 6.07) is 0.521. The largest absolute Gasteiger partial charge is 0.310 e. The smallest absolute Gasteiger partial charge is 0.0641 e. The number of hydrogen-bond acceptors (Lipinski definition) is 3. The van der Waals surface area contributed by atoms with Gasteiger partial charge in [0.05, 0.1) is 5.69 Å². The van der Waals surface area contributed by atoms with E-state index in [1.807, 2.05) is 11.8 Å². The molecule has 1 aromatic rings. The summed E-state index contributed by atoms with van der Waals surface area (Å²) < 4.78 is 2.17. The van der Waals surface area contributed by atoms with E-state index in [4.69, 9.17) is 0 Å². The summed E-state index contributed by atoms with van der Waals surface area (Å²) in [7, 11) is 0. The van der Waals surface area contributed by atoms with Crippen LogP contribution < -0.4 is 5.32 Å². The Bertz CT molecular complexity index is 358. The number of aromatic nitrogens is 2. The summed E-state index contributed by atoms with van der Waals surface area (Å²) in [6.45, 7) is 12.8. The fourth-order valence-corrected chi connectivity index (χ4v) is 2.60. The molecule has 0 aliphatic heterocycles. The lowest BCUT2D eigenvalue weighted by Crippen LogP contribution is -2.22. The summed E-state index contributed by atoms with van der Waals surface area (Å²) in [5, 5.41) is 8.13. The van der Waals surface area contributed by atoms with E-state index >= 15 is 0 Å². The topological polar surface area (TPSA) is 29.9 Å². The molecule has 0 amide bonds. The molecule has 0 saturated heterocycles. The van der Waals surface area contributed by atoms with Crippen molar-refractivity contribution in [1.29, 1.82) is 0 Å². The van der Waals surface area contributed by atoms with Crippen LogP contribution >= 0.6 is 11.8 Å². The summed E-state index contributed by atoms with van der Waals surface area (Å²) in [5.74, 6) is 2.44. The molecule has 1 N–H and O–H groups in total. The molecule has 0 aliphatic carbocycles. The maximum atomic E-state index is 4.65. The highest BCUT2D eigenvalue weighted by atomic mass is 32.2. The molecule has 0 atom stereocenters. The van der Waals surface area contributed by atoms with Crippen LogP contribution in [0.3, 0.4) is 0 Å². The highest BCUT2D eigenvalue weighted by Crippen LogP contribution is 2.14. The van der Waals surface area contributed by atoms with Crippen LogP contribution in [0.1, 0.15) is 44.1 Å². The van der Waals surface area contributed by atoms with Gasteiger partial charge in [-0.15, -0.1) is 0 Å². The Balaban J connectivity index is 2.56. The second kappa shape index (κ2) is 7.85. The van der Waals surface area contributed by atoms with Gasteiger partial charge in [-0.1, -0.05) is 20.8 Å². The first-order chi connectivity index (χ1) is 8.56. The second-order valence-corrected chi connectivity index (χ2v) is 6.35. The van der Waals surface area contributed by atoms with E-state index in [2.05, 4.69) is 49.7 Å². The van der Waals surface area contributed by atoms with Crippen molar-refractivity contribution in [3.63, 3.8) is 0 Å². The van der Waals surface area contributed by atoms with Crippen LogP contribution in [0.25, 0.3) is 0 Å². The van der Waals surface area contributed by atoms with Crippen molar-refractivity contribution in [3.05, 3.63) is 17.0 Å². The Kier molecular flexibility index (Phi) is 6.79. The zero-order chi connectivity index (χ0) is 13.5. The number of hydrogen-bond donors (Lipinski definition) is 1. The summed E-state index contributed by atoms with van der Waals surface area (Å²) >= 11 is 2.00. The molecule has 0 spiro atoms.